The Hall–Kier alpha value is -1.66. The minimum absolute atomic E-state index is 0.190. The Morgan fingerprint density at radius 2 is 2.33 bits per heavy atom. The van der Waals surface area contributed by atoms with Gasteiger partial charge in [-0.2, -0.15) is 0 Å². The van der Waals surface area contributed by atoms with Crippen LogP contribution < -0.4 is 10.2 Å². The molecule has 0 aliphatic carbocycles. The molecule has 0 radical (unpaired) electrons. The zero-order chi connectivity index (χ0) is 12.8. The van der Waals surface area contributed by atoms with Crippen LogP contribution in [-0.4, -0.2) is 35.3 Å². The molecule has 0 spiro atoms. The molecule has 0 saturated carbocycles. The van der Waals surface area contributed by atoms with Crippen molar-refractivity contribution >= 4 is 28.0 Å². The van der Waals surface area contributed by atoms with E-state index in [0.717, 1.165) is 29.6 Å². The van der Waals surface area contributed by atoms with Crippen LogP contribution in [0.15, 0.2) is 29.9 Å². The highest BCUT2D eigenvalue weighted by Crippen LogP contribution is 2.21. The first kappa shape index (κ1) is 12.8. The van der Waals surface area contributed by atoms with E-state index in [0.29, 0.717) is 0 Å². The third-order valence-corrected chi connectivity index (χ3v) is 3.25. The van der Waals surface area contributed by atoms with Gasteiger partial charge >= 0.3 is 0 Å². The molecule has 0 saturated heterocycles. The minimum Gasteiger partial charge on any atom is -0.396 e. The molecule has 18 heavy (non-hydrogen) atoms. The molecule has 2 aromatic heterocycles. The first-order valence-electron chi connectivity index (χ1n) is 5.74. The second kappa shape index (κ2) is 6.32. The maximum Gasteiger partial charge on any atom is 0.136 e. The van der Waals surface area contributed by atoms with Crippen molar-refractivity contribution in [2.24, 2.45) is 0 Å². The molecular weight excluding hydrogens is 248 g/mol. The number of aromatic nitrogens is 2. The van der Waals surface area contributed by atoms with E-state index in [9.17, 15) is 0 Å². The van der Waals surface area contributed by atoms with Crippen LogP contribution in [0.25, 0.3) is 0 Å². The molecule has 0 atom stereocenters. The van der Waals surface area contributed by atoms with Gasteiger partial charge in [0, 0.05) is 26.3 Å². The van der Waals surface area contributed by atoms with Crippen molar-refractivity contribution in [1.82, 2.24) is 9.97 Å². The largest absolute Gasteiger partial charge is 0.396 e. The Labute approximate surface area is 110 Å². The maximum absolute atomic E-state index is 8.82. The summed E-state index contributed by atoms with van der Waals surface area (Å²) in [6, 6.07) is 5.89. The summed E-state index contributed by atoms with van der Waals surface area (Å²) in [5, 5.41) is 15.1. The number of aliphatic hydroxyl groups is 1. The predicted molar refractivity (Wildman–Crippen MR) is 74.6 cm³/mol. The zero-order valence-corrected chi connectivity index (χ0v) is 11.0. The summed E-state index contributed by atoms with van der Waals surface area (Å²) in [6.07, 6.45) is 2.27. The molecule has 2 N–H and O–H groups in total. The van der Waals surface area contributed by atoms with Gasteiger partial charge in [0.1, 0.15) is 18.0 Å². The van der Waals surface area contributed by atoms with Crippen molar-refractivity contribution in [3.05, 3.63) is 29.9 Å². The lowest BCUT2D eigenvalue weighted by Gasteiger charge is -2.17. The fourth-order valence-corrected chi connectivity index (χ4v) is 2.15. The number of thiophene rings is 1. The Morgan fingerprint density at radius 1 is 1.44 bits per heavy atom. The number of rotatable bonds is 6. The van der Waals surface area contributed by atoms with E-state index >= 15 is 0 Å². The van der Waals surface area contributed by atoms with Crippen LogP contribution in [0.2, 0.25) is 0 Å². The monoisotopic (exact) mass is 264 g/mol. The summed E-state index contributed by atoms with van der Waals surface area (Å²) in [6.45, 7) is 0.960. The molecule has 2 aromatic rings. The molecule has 2 heterocycles. The minimum atomic E-state index is 0.190. The summed E-state index contributed by atoms with van der Waals surface area (Å²) in [7, 11) is 1.95. The lowest BCUT2D eigenvalue weighted by atomic mass is 10.4. The molecule has 0 aliphatic heterocycles. The predicted octanol–water partition coefficient (Wildman–Crippen LogP) is 2.10. The number of hydrogen-bond acceptors (Lipinski definition) is 6. The molecule has 0 amide bonds. The summed E-state index contributed by atoms with van der Waals surface area (Å²) >= 11 is 1.63. The van der Waals surface area contributed by atoms with Crippen LogP contribution in [0.4, 0.5) is 16.6 Å². The van der Waals surface area contributed by atoms with E-state index in [1.807, 2.05) is 35.5 Å². The molecule has 0 bridgehead atoms. The van der Waals surface area contributed by atoms with Gasteiger partial charge in [-0.3, -0.25) is 0 Å². The Morgan fingerprint density at radius 3 is 3.06 bits per heavy atom. The van der Waals surface area contributed by atoms with Crippen molar-refractivity contribution in [3.63, 3.8) is 0 Å². The van der Waals surface area contributed by atoms with Gasteiger partial charge < -0.3 is 15.3 Å². The summed E-state index contributed by atoms with van der Waals surface area (Å²) in [4.78, 5) is 10.4. The van der Waals surface area contributed by atoms with Crippen LogP contribution in [0.5, 0.6) is 0 Å². The standard InChI is InChI=1S/C12H16N4OS/c1-16(5-3-6-17)11-8-10(13-9-14-11)15-12-4-2-7-18-12/h2,4,7-9,17H,3,5-6H2,1H3,(H,13,14,15). The summed E-state index contributed by atoms with van der Waals surface area (Å²) in [5.74, 6) is 1.62. The number of aliphatic hydroxyl groups excluding tert-OH is 1. The SMILES string of the molecule is CN(CCCO)c1cc(Nc2cccs2)ncn1. The van der Waals surface area contributed by atoms with E-state index in [-0.39, 0.29) is 6.61 Å². The maximum atomic E-state index is 8.82. The number of nitrogens with zero attached hydrogens (tertiary/aromatic N) is 3. The highest BCUT2D eigenvalue weighted by atomic mass is 32.1. The third kappa shape index (κ3) is 3.41. The number of nitrogens with one attached hydrogen (secondary N) is 1. The van der Waals surface area contributed by atoms with Crippen molar-refractivity contribution in [2.45, 2.75) is 6.42 Å². The Balaban J connectivity index is 2.05. The molecule has 0 aromatic carbocycles. The van der Waals surface area contributed by atoms with Gasteiger partial charge in [0.05, 0.1) is 5.00 Å². The average molecular weight is 264 g/mol. The van der Waals surface area contributed by atoms with Crippen LogP contribution >= 0.6 is 11.3 Å². The van der Waals surface area contributed by atoms with Gasteiger partial charge in [-0.05, 0) is 23.9 Å². The molecule has 2 rings (SSSR count). The smallest absolute Gasteiger partial charge is 0.136 e. The van der Waals surface area contributed by atoms with E-state index in [1.165, 1.54) is 0 Å². The van der Waals surface area contributed by atoms with E-state index in [4.69, 9.17) is 5.11 Å². The highest BCUT2D eigenvalue weighted by Gasteiger charge is 2.04. The zero-order valence-electron chi connectivity index (χ0n) is 10.2. The van der Waals surface area contributed by atoms with Gasteiger partial charge in [0.2, 0.25) is 0 Å². The second-order valence-corrected chi connectivity index (χ2v) is 4.81. The second-order valence-electron chi connectivity index (χ2n) is 3.86. The summed E-state index contributed by atoms with van der Waals surface area (Å²) < 4.78 is 0. The fraction of sp³-hybridized carbons (Fsp3) is 0.333. The van der Waals surface area contributed by atoms with Gasteiger partial charge in [0.15, 0.2) is 0 Å². The van der Waals surface area contributed by atoms with E-state index in [2.05, 4.69) is 15.3 Å². The first-order valence-corrected chi connectivity index (χ1v) is 6.62. The van der Waals surface area contributed by atoms with Crippen molar-refractivity contribution in [2.75, 3.05) is 30.4 Å². The topological polar surface area (TPSA) is 61.3 Å². The quantitative estimate of drug-likeness (QED) is 0.836. The van der Waals surface area contributed by atoms with Crippen LogP contribution in [0.1, 0.15) is 6.42 Å². The lowest BCUT2D eigenvalue weighted by Crippen LogP contribution is -2.20. The molecule has 0 fully saturated rings. The first-order chi connectivity index (χ1) is 8.79. The Kier molecular flexibility index (Phi) is 4.49. The van der Waals surface area contributed by atoms with Crippen LogP contribution in [0, 0.1) is 0 Å². The van der Waals surface area contributed by atoms with Crippen LogP contribution in [0.3, 0.4) is 0 Å². The lowest BCUT2D eigenvalue weighted by molar-refractivity contribution is 0.290. The summed E-state index contributed by atoms with van der Waals surface area (Å²) in [5.41, 5.74) is 0. The van der Waals surface area contributed by atoms with Crippen LogP contribution in [-0.2, 0) is 0 Å². The third-order valence-electron chi connectivity index (χ3n) is 2.47. The molecular formula is C12H16N4OS. The molecule has 0 aliphatic rings. The van der Waals surface area contributed by atoms with Gasteiger partial charge in [-0.15, -0.1) is 11.3 Å². The fourth-order valence-electron chi connectivity index (χ4n) is 1.52. The van der Waals surface area contributed by atoms with E-state index in [1.54, 1.807) is 17.7 Å². The molecule has 5 nitrogen and oxygen atoms in total. The number of anilines is 3. The average Bonchev–Trinajstić information content (AvgIpc) is 2.89. The Bertz CT molecular complexity index is 475. The highest BCUT2D eigenvalue weighted by molar-refractivity contribution is 7.14. The number of hydrogen-bond donors (Lipinski definition) is 2. The molecule has 0 unspecified atom stereocenters. The van der Waals surface area contributed by atoms with Gasteiger partial charge in [0.25, 0.3) is 0 Å². The van der Waals surface area contributed by atoms with Gasteiger partial charge in [-0.25, -0.2) is 9.97 Å². The van der Waals surface area contributed by atoms with Crippen molar-refractivity contribution in [3.8, 4) is 0 Å². The van der Waals surface area contributed by atoms with Crippen molar-refractivity contribution in [1.29, 1.82) is 0 Å². The van der Waals surface area contributed by atoms with Gasteiger partial charge in [-0.1, -0.05) is 0 Å². The van der Waals surface area contributed by atoms with E-state index < -0.39 is 0 Å². The van der Waals surface area contributed by atoms with Crippen molar-refractivity contribution < 1.29 is 5.11 Å². The molecule has 6 heteroatoms. The normalized spacial score (nSPS) is 10.3. The molecule has 96 valence electrons.